The van der Waals surface area contributed by atoms with Gasteiger partial charge in [0, 0.05) is 24.7 Å². The molecule has 1 rings (SSSR count). The van der Waals surface area contributed by atoms with Crippen molar-refractivity contribution >= 4 is 12.0 Å². The summed E-state index contributed by atoms with van der Waals surface area (Å²) in [5, 5.41) is 0. The standard InChI is InChI=1S/C16H23NO2/c1-4-6-13-17(5-2)16(18)12-11-14-9-7-8-10-15(14)19-3/h7-12H,4-6,13H2,1-3H3. The SMILES string of the molecule is CCCCN(CC)C(=O)C=Cc1ccccc1OC. The van der Waals surface area contributed by atoms with Gasteiger partial charge in [-0.15, -0.1) is 0 Å². The monoisotopic (exact) mass is 261 g/mol. The minimum absolute atomic E-state index is 0.0573. The molecular weight excluding hydrogens is 238 g/mol. The summed E-state index contributed by atoms with van der Waals surface area (Å²) in [7, 11) is 1.63. The summed E-state index contributed by atoms with van der Waals surface area (Å²) in [5.74, 6) is 0.838. The highest BCUT2D eigenvalue weighted by Crippen LogP contribution is 2.18. The Morgan fingerprint density at radius 1 is 1.32 bits per heavy atom. The van der Waals surface area contributed by atoms with Gasteiger partial charge >= 0.3 is 0 Å². The summed E-state index contributed by atoms with van der Waals surface area (Å²) in [5.41, 5.74) is 0.921. The van der Waals surface area contributed by atoms with Gasteiger partial charge in [0.05, 0.1) is 7.11 Å². The average molecular weight is 261 g/mol. The third-order valence-corrected chi connectivity index (χ3v) is 3.02. The lowest BCUT2D eigenvalue weighted by Gasteiger charge is -2.18. The van der Waals surface area contributed by atoms with Crippen molar-refractivity contribution in [2.75, 3.05) is 20.2 Å². The van der Waals surface area contributed by atoms with Gasteiger partial charge in [0.15, 0.2) is 0 Å². The number of methoxy groups -OCH3 is 1. The van der Waals surface area contributed by atoms with Gasteiger partial charge in [-0.3, -0.25) is 4.79 Å². The lowest BCUT2D eigenvalue weighted by molar-refractivity contribution is -0.125. The van der Waals surface area contributed by atoms with Crippen LogP contribution in [-0.4, -0.2) is 31.0 Å². The van der Waals surface area contributed by atoms with Crippen LogP contribution in [-0.2, 0) is 4.79 Å². The molecule has 0 aliphatic rings. The maximum atomic E-state index is 12.1. The molecule has 3 nitrogen and oxygen atoms in total. The van der Waals surface area contributed by atoms with E-state index in [9.17, 15) is 4.79 Å². The number of amides is 1. The van der Waals surface area contributed by atoms with E-state index in [2.05, 4.69) is 6.92 Å². The van der Waals surface area contributed by atoms with Crippen LogP contribution in [0.25, 0.3) is 6.08 Å². The molecule has 0 atom stereocenters. The van der Waals surface area contributed by atoms with Crippen LogP contribution in [0.5, 0.6) is 5.75 Å². The van der Waals surface area contributed by atoms with Crippen molar-refractivity contribution in [1.82, 2.24) is 4.90 Å². The van der Waals surface area contributed by atoms with E-state index in [1.54, 1.807) is 13.2 Å². The second-order valence-electron chi connectivity index (χ2n) is 4.35. The van der Waals surface area contributed by atoms with Crippen LogP contribution in [0.4, 0.5) is 0 Å². The molecule has 0 N–H and O–H groups in total. The third kappa shape index (κ3) is 4.78. The van der Waals surface area contributed by atoms with E-state index in [0.29, 0.717) is 0 Å². The lowest BCUT2D eigenvalue weighted by atomic mass is 10.2. The Bertz CT molecular complexity index is 427. The summed E-state index contributed by atoms with van der Waals surface area (Å²) in [6.07, 6.45) is 5.58. The largest absolute Gasteiger partial charge is 0.496 e. The second kappa shape index (κ2) is 8.35. The molecule has 1 amide bonds. The van der Waals surface area contributed by atoms with E-state index < -0.39 is 0 Å². The van der Waals surface area contributed by atoms with Gasteiger partial charge in [-0.25, -0.2) is 0 Å². The minimum Gasteiger partial charge on any atom is -0.496 e. The van der Waals surface area contributed by atoms with Gasteiger partial charge in [-0.2, -0.15) is 0 Å². The fraction of sp³-hybridized carbons (Fsp3) is 0.438. The summed E-state index contributed by atoms with van der Waals surface area (Å²) in [6.45, 7) is 5.70. The number of likely N-dealkylation sites (N-methyl/N-ethyl adjacent to an activating group) is 1. The van der Waals surface area contributed by atoms with Crippen molar-refractivity contribution in [3.8, 4) is 5.75 Å². The quantitative estimate of drug-likeness (QED) is 0.704. The van der Waals surface area contributed by atoms with Crippen LogP contribution in [0.1, 0.15) is 32.3 Å². The number of benzene rings is 1. The average Bonchev–Trinajstić information content (AvgIpc) is 2.46. The number of ether oxygens (including phenoxy) is 1. The summed E-state index contributed by atoms with van der Waals surface area (Å²) in [6, 6.07) is 7.67. The molecule has 0 bridgehead atoms. The van der Waals surface area contributed by atoms with Crippen LogP contribution in [0.15, 0.2) is 30.3 Å². The number of para-hydroxylation sites is 1. The first-order valence-electron chi connectivity index (χ1n) is 6.82. The van der Waals surface area contributed by atoms with E-state index in [1.165, 1.54) is 0 Å². The number of carbonyl (C=O) groups is 1. The van der Waals surface area contributed by atoms with Gasteiger partial charge in [-0.05, 0) is 25.5 Å². The number of rotatable bonds is 7. The van der Waals surface area contributed by atoms with Crippen molar-refractivity contribution in [3.63, 3.8) is 0 Å². The number of hydrogen-bond acceptors (Lipinski definition) is 2. The number of nitrogens with zero attached hydrogens (tertiary/aromatic N) is 1. The van der Waals surface area contributed by atoms with Gasteiger partial charge < -0.3 is 9.64 Å². The fourth-order valence-electron chi connectivity index (χ4n) is 1.84. The third-order valence-electron chi connectivity index (χ3n) is 3.02. The summed E-state index contributed by atoms with van der Waals surface area (Å²) in [4.78, 5) is 13.9. The molecule has 3 heteroatoms. The topological polar surface area (TPSA) is 29.5 Å². The van der Waals surface area contributed by atoms with Crippen molar-refractivity contribution in [1.29, 1.82) is 0 Å². The summed E-state index contributed by atoms with van der Waals surface area (Å²) >= 11 is 0. The molecule has 0 aliphatic heterocycles. The molecule has 0 spiro atoms. The zero-order chi connectivity index (χ0) is 14.1. The maximum Gasteiger partial charge on any atom is 0.246 e. The van der Waals surface area contributed by atoms with Gasteiger partial charge in [0.2, 0.25) is 5.91 Å². The molecule has 1 aromatic carbocycles. The van der Waals surface area contributed by atoms with Crippen molar-refractivity contribution in [2.24, 2.45) is 0 Å². The predicted octanol–water partition coefficient (Wildman–Crippen LogP) is 3.36. The highest BCUT2D eigenvalue weighted by atomic mass is 16.5. The summed E-state index contributed by atoms with van der Waals surface area (Å²) < 4.78 is 5.25. The van der Waals surface area contributed by atoms with Gasteiger partial charge in [0.1, 0.15) is 5.75 Å². The predicted molar refractivity (Wildman–Crippen MR) is 79.2 cm³/mol. The Morgan fingerprint density at radius 3 is 2.68 bits per heavy atom. The smallest absolute Gasteiger partial charge is 0.246 e. The molecule has 0 aliphatic carbocycles. The van der Waals surface area contributed by atoms with E-state index >= 15 is 0 Å². The van der Waals surface area contributed by atoms with E-state index in [0.717, 1.165) is 37.2 Å². The number of hydrogen-bond donors (Lipinski definition) is 0. The number of unbranched alkanes of at least 4 members (excludes halogenated alkanes) is 1. The van der Waals surface area contributed by atoms with Crippen LogP contribution in [0.3, 0.4) is 0 Å². The zero-order valence-electron chi connectivity index (χ0n) is 12.1. The van der Waals surface area contributed by atoms with E-state index in [1.807, 2.05) is 42.2 Å². The molecule has 0 heterocycles. The van der Waals surface area contributed by atoms with Crippen LogP contribution in [0.2, 0.25) is 0 Å². The molecule has 0 saturated heterocycles. The Kier molecular flexibility index (Phi) is 6.72. The Balaban J connectivity index is 2.71. The van der Waals surface area contributed by atoms with Crippen molar-refractivity contribution < 1.29 is 9.53 Å². The van der Waals surface area contributed by atoms with E-state index in [4.69, 9.17) is 4.74 Å². The molecule has 0 radical (unpaired) electrons. The zero-order valence-corrected chi connectivity index (χ0v) is 12.1. The fourth-order valence-corrected chi connectivity index (χ4v) is 1.84. The van der Waals surface area contributed by atoms with Crippen LogP contribution in [0, 0.1) is 0 Å². The highest BCUT2D eigenvalue weighted by Gasteiger charge is 2.07. The first kappa shape index (κ1) is 15.3. The van der Waals surface area contributed by atoms with Gasteiger partial charge in [0.25, 0.3) is 0 Å². The molecule has 19 heavy (non-hydrogen) atoms. The van der Waals surface area contributed by atoms with Gasteiger partial charge in [-0.1, -0.05) is 31.5 Å². The second-order valence-corrected chi connectivity index (χ2v) is 4.35. The first-order valence-corrected chi connectivity index (χ1v) is 6.82. The van der Waals surface area contributed by atoms with Crippen molar-refractivity contribution in [2.45, 2.75) is 26.7 Å². The molecule has 104 valence electrons. The lowest BCUT2D eigenvalue weighted by Crippen LogP contribution is -2.30. The normalized spacial score (nSPS) is 10.7. The highest BCUT2D eigenvalue weighted by molar-refractivity contribution is 5.92. The van der Waals surface area contributed by atoms with Crippen LogP contribution >= 0.6 is 0 Å². The molecular formula is C16H23NO2. The van der Waals surface area contributed by atoms with Crippen LogP contribution < -0.4 is 4.74 Å². The molecule has 1 aromatic rings. The molecule has 0 fully saturated rings. The van der Waals surface area contributed by atoms with Crippen molar-refractivity contribution in [3.05, 3.63) is 35.9 Å². The maximum absolute atomic E-state index is 12.1. The molecule has 0 saturated carbocycles. The van der Waals surface area contributed by atoms with E-state index in [-0.39, 0.29) is 5.91 Å². The minimum atomic E-state index is 0.0573. The Hall–Kier alpha value is -1.77. The Morgan fingerprint density at radius 2 is 2.05 bits per heavy atom. The Labute approximate surface area is 115 Å². The molecule has 0 aromatic heterocycles. The number of carbonyl (C=O) groups excluding carboxylic acids is 1. The molecule has 0 unspecified atom stereocenters. The first-order chi connectivity index (χ1) is 9.22.